The monoisotopic (exact) mass is 362 g/mol. The number of rotatable bonds is 3. The Morgan fingerprint density at radius 3 is 2.64 bits per heavy atom. The van der Waals surface area contributed by atoms with Crippen molar-refractivity contribution < 1.29 is 12.9 Å². The standard InChI is InChI=1S/C17H22N4O3S/c1-11-3-4-13(12(2)9-11)16-19-15(20-24-16)14-10-17(14)5-7-21(8-6-17)25(18,22)23/h3-4,9,14H,5-8,10H2,1-2H3,(H2,18,22,23)/t14-/m0/s1. The Labute approximate surface area is 147 Å². The predicted molar refractivity (Wildman–Crippen MR) is 92.9 cm³/mol. The normalized spacial score (nSPS) is 23.1. The lowest BCUT2D eigenvalue weighted by molar-refractivity contribution is 0.249. The Bertz CT molecular complexity index is 914. The molecule has 1 spiro atoms. The second kappa shape index (κ2) is 5.62. The van der Waals surface area contributed by atoms with Crippen LogP contribution < -0.4 is 5.14 Å². The molecule has 4 rings (SSSR count). The number of piperidine rings is 1. The first kappa shape index (κ1) is 16.7. The van der Waals surface area contributed by atoms with Gasteiger partial charge < -0.3 is 4.52 Å². The second-order valence-corrected chi connectivity index (χ2v) is 8.89. The van der Waals surface area contributed by atoms with Gasteiger partial charge in [-0.05, 0) is 50.2 Å². The van der Waals surface area contributed by atoms with Gasteiger partial charge in [0.05, 0.1) is 0 Å². The van der Waals surface area contributed by atoms with Crippen LogP contribution in [-0.4, -0.2) is 36.0 Å². The van der Waals surface area contributed by atoms with Crippen LogP contribution in [0.3, 0.4) is 0 Å². The average molecular weight is 362 g/mol. The molecule has 0 radical (unpaired) electrons. The summed E-state index contributed by atoms with van der Waals surface area (Å²) in [5.74, 6) is 1.54. The third kappa shape index (κ3) is 2.98. The summed E-state index contributed by atoms with van der Waals surface area (Å²) in [5.41, 5.74) is 3.37. The molecule has 2 aliphatic rings. The summed E-state index contributed by atoms with van der Waals surface area (Å²) >= 11 is 0. The fourth-order valence-corrected chi connectivity index (χ4v) is 4.68. The number of hydrogen-bond donors (Lipinski definition) is 1. The van der Waals surface area contributed by atoms with Gasteiger partial charge in [0.1, 0.15) is 0 Å². The zero-order valence-corrected chi connectivity index (χ0v) is 15.2. The van der Waals surface area contributed by atoms with Crippen molar-refractivity contribution in [3.63, 3.8) is 0 Å². The Hall–Kier alpha value is -1.77. The maximum atomic E-state index is 11.4. The Morgan fingerprint density at radius 2 is 2.00 bits per heavy atom. The number of benzene rings is 1. The van der Waals surface area contributed by atoms with Crippen LogP contribution in [0.4, 0.5) is 0 Å². The van der Waals surface area contributed by atoms with Crippen molar-refractivity contribution in [2.75, 3.05) is 13.1 Å². The minimum absolute atomic E-state index is 0.102. The fraction of sp³-hybridized carbons (Fsp3) is 0.529. The average Bonchev–Trinajstić information content (AvgIpc) is 3.02. The lowest BCUT2D eigenvalue weighted by Gasteiger charge is -2.30. The van der Waals surface area contributed by atoms with Crippen molar-refractivity contribution >= 4 is 10.2 Å². The number of nitrogens with zero attached hydrogens (tertiary/aromatic N) is 3. The van der Waals surface area contributed by atoms with Gasteiger partial charge in [-0.15, -0.1) is 0 Å². The van der Waals surface area contributed by atoms with Crippen LogP contribution in [0.1, 0.15) is 42.1 Å². The van der Waals surface area contributed by atoms with Crippen LogP contribution in [0.5, 0.6) is 0 Å². The molecule has 8 heteroatoms. The third-order valence-corrected chi connectivity index (χ3v) is 6.72. The van der Waals surface area contributed by atoms with Crippen LogP contribution in [0.25, 0.3) is 11.5 Å². The topological polar surface area (TPSA) is 102 Å². The Kier molecular flexibility index (Phi) is 3.75. The van der Waals surface area contributed by atoms with E-state index in [0.717, 1.165) is 36.2 Å². The van der Waals surface area contributed by atoms with Gasteiger partial charge in [0.25, 0.3) is 16.1 Å². The summed E-state index contributed by atoms with van der Waals surface area (Å²) < 4.78 is 29.7. The summed E-state index contributed by atoms with van der Waals surface area (Å²) in [6.45, 7) is 5.03. The van der Waals surface area contributed by atoms with Gasteiger partial charge in [0.15, 0.2) is 5.82 Å². The van der Waals surface area contributed by atoms with E-state index >= 15 is 0 Å². The maximum absolute atomic E-state index is 11.4. The van der Waals surface area contributed by atoms with E-state index < -0.39 is 10.2 Å². The van der Waals surface area contributed by atoms with Crippen LogP contribution in [0, 0.1) is 19.3 Å². The van der Waals surface area contributed by atoms with E-state index in [1.807, 2.05) is 19.1 Å². The van der Waals surface area contributed by atoms with Gasteiger partial charge in [-0.3, -0.25) is 0 Å². The molecule has 0 bridgehead atoms. The molecule has 1 aromatic carbocycles. The summed E-state index contributed by atoms with van der Waals surface area (Å²) in [5, 5.41) is 9.41. The molecular weight excluding hydrogens is 340 g/mol. The van der Waals surface area contributed by atoms with Crippen LogP contribution >= 0.6 is 0 Å². The molecule has 1 aliphatic carbocycles. The van der Waals surface area contributed by atoms with Crippen LogP contribution in [-0.2, 0) is 10.2 Å². The second-order valence-electron chi connectivity index (χ2n) is 7.34. The molecule has 2 aromatic rings. The first-order valence-corrected chi connectivity index (χ1v) is 9.98. The smallest absolute Gasteiger partial charge is 0.276 e. The highest BCUT2D eigenvalue weighted by Gasteiger charge is 2.58. The van der Waals surface area contributed by atoms with E-state index in [9.17, 15) is 8.42 Å². The molecule has 25 heavy (non-hydrogen) atoms. The first-order chi connectivity index (χ1) is 11.8. The van der Waals surface area contributed by atoms with Crippen molar-refractivity contribution in [1.29, 1.82) is 0 Å². The molecule has 1 aliphatic heterocycles. The Balaban J connectivity index is 1.50. The lowest BCUT2D eigenvalue weighted by atomic mass is 9.92. The van der Waals surface area contributed by atoms with Crippen molar-refractivity contribution in [3.8, 4) is 11.5 Å². The molecule has 2 heterocycles. The highest BCUT2D eigenvalue weighted by Crippen LogP contribution is 2.64. The van der Waals surface area contributed by atoms with Crippen molar-refractivity contribution in [3.05, 3.63) is 35.2 Å². The molecule has 1 saturated heterocycles. The third-order valence-electron chi connectivity index (χ3n) is 5.63. The molecule has 1 aromatic heterocycles. The lowest BCUT2D eigenvalue weighted by Crippen LogP contribution is -2.43. The summed E-state index contributed by atoms with van der Waals surface area (Å²) in [7, 11) is -3.59. The van der Waals surface area contributed by atoms with E-state index in [-0.39, 0.29) is 11.3 Å². The van der Waals surface area contributed by atoms with Gasteiger partial charge in [-0.1, -0.05) is 22.9 Å². The summed E-state index contributed by atoms with van der Waals surface area (Å²) in [4.78, 5) is 4.62. The number of aromatic nitrogens is 2. The highest BCUT2D eigenvalue weighted by atomic mass is 32.2. The summed E-state index contributed by atoms with van der Waals surface area (Å²) in [6, 6.07) is 6.14. The molecule has 1 atom stereocenters. The molecule has 134 valence electrons. The molecule has 0 unspecified atom stereocenters. The zero-order valence-electron chi connectivity index (χ0n) is 14.4. The minimum Gasteiger partial charge on any atom is -0.334 e. The van der Waals surface area contributed by atoms with Crippen molar-refractivity contribution in [2.45, 2.75) is 39.0 Å². The number of hydrogen-bond acceptors (Lipinski definition) is 5. The molecule has 1 saturated carbocycles. The van der Waals surface area contributed by atoms with Gasteiger partial charge in [-0.2, -0.15) is 17.7 Å². The van der Waals surface area contributed by atoms with Crippen molar-refractivity contribution in [1.82, 2.24) is 14.4 Å². The van der Waals surface area contributed by atoms with Gasteiger partial charge in [0, 0.05) is 24.6 Å². The quantitative estimate of drug-likeness (QED) is 0.901. The van der Waals surface area contributed by atoms with Crippen LogP contribution in [0.2, 0.25) is 0 Å². The van der Waals surface area contributed by atoms with E-state index in [1.165, 1.54) is 9.87 Å². The van der Waals surface area contributed by atoms with E-state index in [0.29, 0.717) is 19.0 Å². The number of aryl methyl sites for hydroxylation is 2. The molecule has 2 fully saturated rings. The zero-order chi connectivity index (χ0) is 17.8. The van der Waals surface area contributed by atoms with E-state index in [4.69, 9.17) is 9.66 Å². The molecule has 7 nitrogen and oxygen atoms in total. The molecule has 0 amide bonds. The number of nitrogens with two attached hydrogens (primary N) is 1. The van der Waals surface area contributed by atoms with Gasteiger partial charge in [-0.25, -0.2) is 5.14 Å². The van der Waals surface area contributed by atoms with E-state index in [2.05, 4.69) is 23.1 Å². The Morgan fingerprint density at radius 1 is 1.28 bits per heavy atom. The summed E-state index contributed by atoms with van der Waals surface area (Å²) in [6.07, 6.45) is 2.57. The SMILES string of the molecule is Cc1ccc(-c2nc([C@@H]3CC34CCN(S(N)(=O)=O)CC4)no2)c(C)c1. The first-order valence-electron chi connectivity index (χ1n) is 8.48. The fourth-order valence-electron chi connectivity index (χ4n) is 3.99. The van der Waals surface area contributed by atoms with Gasteiger partial charge >= 0.3 is 0 Å². The molecule has 2 N–H and O–H groups in total. The largest absolute Gasteiger partial charge is 0.334 e. The van der Waals surface area contributed by atoms with Gasteiger partial charge in [0.2, 0.25) is 0 Å². The van der Waals surface area contributed by atoms with Crippen LogP contribution in [0.15, 0.2) is 22.7 Å². The maximum Gasteiger partial charge on any atom is 0.276 e. The minimum atomic E-state index is -3.59. The predicted octanol–water partition coefficient (Wildman–Crippen LogP) is 2.13. The van der Waals surface area contributed by atoms with E-state index in [1.54, 1.807) is 0 Å². The molecular formula is C17H22N4O3S. The highest BCUT2D eigenvalue weighted by molar-refractivity contribution is 7.86. The van der Waals surface area contributed by atoms with Crippen molar-refractivity contribution in [2.24, 2.45) is 10.6 Å².